The third kappa shape index (κ3) is 5.06. The second-order valence-electron chi connectivity index (χ2n) is 5.44. The van der Waals surface area contributed by atoms with Crippen LogP contribution in [-0.4, -0.2) is 16.0 Å². The Labute approximate surface area is 144 Å². The highest BCUT2D eigenvalue weighted by atomic mass is 79.9. The molecule has 1 aromatic heterocycles. The van der Waals surface area contributed by atoms with E-state index in [9.17, 15) is 4.79 Å². The van der Waals surface area contributed by atoms with Crippen LogP contribution >= 0.6 is 15.9 Å². The number of rotatable bonds is 7. The standard InChI is InChI=1S/C16H21BrN4O2/c1-3-5-13-20-15(23-21-13)7-4-6-14(22)19-12-9-11(17)8-10(2)16(12)18/h8-9H,3-7,18H2,1-2H3,(H,19,22). The van der Waals surface area contributed by atoms with Gasteiger partial charge in [-0.05, 0) is 37.5 Å². The van der Waals surface area contributed by atoms with Gasteiger partial charge in [0.15, 0.2) is 5.82 Å². The van der Waals surface area contributed by atoms with Crippen molar-refractivity contribution in [3.63, 3.8) is 0 Å². The fraction of sp³-hybridized carbons (Fsp3) is 0.438. The molecular formula is C16H21BrN4O2. The van der Waals surface area contributed by atoms with Crippen molar-refractivity contribution in [2.24, 2.45) is 0 Å². The van der Waals surface area contributed by atoms with Gasteiger partial charge in [-0.1, -0.05) is 28.0 Å². The normalized spacial score (nSPS) is 10.7. The highest BCUT2D eigenvalue weighted by molar-refractivity contribution is 9.10. The van der Waals surface area contributed by atoms with Crippen LogP contribution in [0, 0.1) is 6.92 Å². The lowest BCUT2D eigenvalue weighted by Crippen LogP contribution is -2.13. The molecule has 0 saturated heterocycles. The first-order valence-electron chi connectivity index (χ1n) is 7.66. The summed E-state index contributed by atoms with van der Waals surface area (Å²) in [7, 11) is 0. The third-order valence-electron chi connectivity index (χ3n) is 3.40. The van der Waals surface area contributed by atoms with E-state index in [1.165, 1.54) is 0 Å². The Morgan fingerprint density at radius 2 is 2.17 bits per heavy atom. The van der Waals surface area contributed by atoms with Crippen molar-refractivity contribution >= 4 is 33.2 Å². The molecule has 0 atom stereocenters. The molecule has 3 N–H and O–H groups in total. The quantitative estimate of drug-likeness (QED) is 0.715. The number of nitrogens with one attached hydrogen (secondary N) is 1. The van der Waals surface area contributed by atoms with Gasteiger partial charge in [-0.2, -0.15) is 4.98 Å². The number of aryl methyl sites for hydroxylation is 3. The minimum Gasteiger partial charge on any atom is -0.397 e. The number of carbonyl (C=O) groups excluding carboxylic acids is 1. The largest absolute Gasteiger partial charge is 0.397 e. The van der Waals surface area contributed by atoms with Crippen LogP contribution in [0.3, 0.4) is 0 Å². The maximum atomic E-state index is 12.0. The molecule has 6 nitrogen and oxygen atoms in total. The molecule has 0 aliphatic rings. The summed E-state index contributed by atoms with van der Waals surface area (Å²) in [5, 5.41) is 6.74. The van der Waals surface area contributed by atoms with Crippen LogP contribution in [0.2, 0.25) is 0 Å². The molecule has 0 fully saturated rings. The molecule has 1 aromatic carbocycles. The zero-order chi connectivity index (χ0) is 16.8. The Bertz CT molecular complexity index is 685. The number of nitrogens with zero attached hydrogens (tertiary/aromatic N) is 2. The first-order chi connectivity index (χ1) is 11.0. The van der Waals surface area contributed by atoms with E-state index in [0.29, 0.717) is 36.5 Å². The predicted octanol–water partition coefficient (Wildman–Crippen LogP) is 3.64. The number of nitrogen functional groups attached to an aromatic ring is 1. The van der Waals surface area contributed by atoms with Crippen LogP contribution in [0.15, 0.2) is 21.1 Å². The van der Waals surface area contributed by atoms with Crippen molar-refractivity contribution < 1.29 is 9.32 Å². The van der Waals surface area contributed by atoms with Gasteiger partial charge in [0.05, 0.1) is 11.4 Å². The molecule has 124 valence electrons. The van der Waals surface area contributed by atoms with Crippen molar-refractivity contribution in [3.8, 4) is 0 Å². The molecular weight excluding hydrogens is 360 g/mol. The summed E-state index contributed by atoms with van der Waals surface area (Å²) in [6, 6.07) is 3.71. The van der Waals surface area contributed by atoms with Gasteiger partial charge < -0.3 is 15.6 Å². The zero-order valence-corrected chi connectivity index (χ0v) is 14.9. The third-order valence-corrected chi connectivity index (χ3v) is 3.86. The van der Waals surface area contributed by atoms with Gasteiger partial charge in [-0.15, -0.1) is 0 Å². The van der Waals surface area contributed by atoms with Crippen molar-refractivity contribution in [2.75, 3.05) is 11.1 Å². The number of hydrogen-bond acceptors (Lipinski definition) is 5. The predicted molar refractivity (Wildman–Crippen MR) is 93.2 cm³/mol. The molecule has 0 unspecified atom stereocenters. The molecule has 0 radical (unpaired) electrons. The van der Waals surface area contributed by atoms with Crippen molar-refractivity contribution in [3.05, 3.63) is 33.9 Å². The molecule has 7 heteroatoms. The summed E-state index contributed by atoms with van der Waals surface area (Å²) in [5.74, 6) is 1.23. The summed E-state index contributed by atoms with van der Waals surface area (Å²) < 4.78 is 6.03. The number of aromatic nitrogens is 2. The Hall–Kier alpha value is -1.89. The molecule has 0 bridgehead atoms. The molecule has 23 heavy (non-hydrogen) atoms. The van der Waals surface area contributed by atoms with E-state index in [1.807, 2.05) is 13.0 Å². The highest BCUT2D eigenvalue weighted by Gasteiger charge is 2.10. The van der Waals surface area contributed by atoms with Crippen molar-refractivity contribution in [1.82, 2.24) is 10.1 Å². The number of carbonyl (C=O) groups is 1. The lowest BCUT2D eigenvalue weighted by atomic mass is 10.1. The second-order valence-corrected chi connectivity index (χ2v) is 6.36. The fourth-order valence-corrected chi connectivity index (χ4v) is 2.76. The Morgan fingerprint density at radius 1 is 1.39 bits per heavy atom. The van der Waals surface area contributed by atoms with Gasteiger partial charge in [-0.25, -0.2) is 0 Å². The van der Waals surface area contributed by atoms with Gasteiger partial charge >= 0.3 is 0 Å². The maximum absolute atomic E-state index is 12.0. The van der Waals surface area contributed by atoms with E-state index < -0.39 is 0 Å². The van der Waals surface area contributed by atoms with E-state index in [-0.39, 0.29) is 5.91 Å². The number of halogens is 1. The van der Waals surface area contributed by atoms with E-state index in [2.05, 4.69) is 38.3 Å². The SMILES string of the molecule is CCCc1noc(CCCC(=O)Nc2cc(Br)cc(C)c2N)n1. The zero-order valence-electron chi connectivity index (χ0n) is 13.4. The second kappa shape index (κ2) is 8.10. The molecule has 1 heterocycles. The van der Waals surface area contributed by atoms with Gasteiger partial charge in [-0.3, -0.25) is 4.79 Å². The first-order valence-corrected chi connectivity index (χ1v) is 8.45. The average molecular weight is 381 g/mol. The van der Waals surface area contributed by atoms with E-state index in [1.54, 1.807) is 6.07 Å². The molecule has 2 rings (SSSR count). The molecule has 0 spiro atoms. The van der Waals surface area contributed by atoms with Crippen LogP contribution in [0.5, 0.6) is 0 Å². The van der Waals surface area contributed by atoms with Gasteiger partial charge in [0, 0.05) is 23.7 Å². The minimum absolute atomic E-state index is 0.0810. The highest BCUT2D eigenvalue weighted by Crippen LogP contribution is 2.27. The van der Waals surface area contributed by atoms with Crippen LogP contribution < -0.4 is 11.1 Å². The van der Waals surface area contributed by atoms with E-state index >= 15 is 0 Å². The molecule has 0 aliphatic carbocycles. The van der Waals surface area contributed by atoms with Crippen molar-refractivity contribution in [1.29, 1.82) is 0 Å². The van der Waals surface area contributed by atoms with Gasteiger partial charge in [0.2, 0.25) is 11.8 Å². The van der Waals surface area contributed by atoms with E-state index in [4.69, 9.17) is 10.3 Å². The van der Waals surface area contributed by atoms with Crippen LogP contribution in [0.25, 0.3) is 0 Å². The lowest BCUT2D eigenvalue weighted by Gasteiger charge is -2.11. The Kier molecular flexibility index (Phi) is 6.15. The van der Waals surface area contributed by atoms with Gasteiger partial charge in [0.1, 0.15) is 0 Å². The number of anilines is 2. The number of hydrogen-bond donors (Lipinski definition) is 2. The van der Waals surface area contributed by atoms with Crippen LogP contribution in [-0.2, 0) is 17.6 Å². The molecule has 0 aliphatic heterocycles. The summed E-state index contributed by atoms with van der Waals surface area (Å²) in [5.41, 5.74) is 8.12. The molecule has 0 saturated carbocycles. The van der Waals surface area contributed by atoms with E-state index in [0.717, 1.165) is 28.7 Å². The van der Waals surface area contributed by atoms with Crippen LogP contribution in [0.1, 0.15) is 43.5 Å². The number of amides is 1. The monoisotopic (exact) mass is 380 g/mol. The minimum atomic E-state index is -0.0810. The van der Waals surface area contributed by atoms with Crippen LogP contribution in [0.4, 0.5) is 11.4 Å². The summed E-state index contributed by atoms with van der Waals surface area (Å²) >= 11 is 3.40. The number of benzene rings is 1. The maximum Gasteiger partial charge on any atom is 0.226 e. The fourth-order valence-electron chi connectivity index (χ4n) is 2.19. The number of nitrogens with two attached hydrogens (primary N) is 1. The molecule has 2 aromatic rings. The lowest BCUT2D eigenvalue weighted by molar-refractivity contribution is -0.116. The first kappa shape index (κ1) is 17.5. The summed E-state index contributed by atoms with van der Waals surface area (Å²) in [6.07, 6.45) is 3.40. The Balaban J connectivity index is 1.83. The molecule has 1 amide bonds. The average Bonchev–Trinajstić information content (AvgIpc) is 2.92. The summed E-state index contributed by atoms with van der Waals surface area (Å²) in [4.78, 5) is 16.3. The topological polar surface area (TPSA) is 94.0 Å². The Morgan fingerprint density at radius 3 is 2.91 bits per heavy atom. The van der Waals surface area contributed by atoms with Gasteiger partial charge in [0.25, 0.3) is 0 Å². The smallest absolute Gasteiger partial charge is 0.226 e. The van der Waals surface area contributed by atoms with Crippen molar-refractivity contribution in [2.45, 2.75) is 46.0 Å². The summed E-state index contributed by atoms with van der Waals surface area (Å²) in [6.45, 7) is 3.97.